The van der Waals surface area contributed by atoms with Crippen LogP contribution in [0.25, 0.3) is 0 Å². The molecule has 1 heterocycles. The van der Waals surface area contributed by atoms with Crippen LogP contribution in [-0.4, -0.2) is 29.9 Å². The molecular formula is C13H16BrNO2S. The Labute approximate surface area is 120 Å². The van der Waals surface area contributed by atoms with Crippen LogP contribution in [0, 0.1) is 6.92 Å². The molecule has 0 unspecified atom stereocenters. The zero-order valence-corrected chi connectivity index (χ0v) is 12.7. The number of hydroxylamine groups is 2. The van der Waals surface area contributed by atoms with Crippen molar-refractivity contribution in [1.29, 1.82) is 0 Å². The van der Waals surface area contributed by atoms with Gasteiger partial charge in [0.2, 0.25) is 0 Å². The lowest BCUT2D eigenvalue weighted by Gasteiger charge is -2.25. The maximum atomic E-state index is 11.9. The van der Waals surface area contributed by atoms with Crippen molar-refractivity contribution in [2.75, 3.05) is 18.9 Å². The number of carbonyl (C=O) groups is 1. The molecule has 1 aliphatic rings. The van der Waals surface area contributed by atoms with Crippen molar-refractivity contribution in [2.45, 2.75) is 24.7 Å². The molecule has 2 rings (SSSR count). The number of carbonyl (C=O) groups excluding carboxylic acids is 1. The van der Waals surface area contributed by atoms with E-state index in [9.17, 15) is 4.79 Å². The van der Waals surface area contributed by atoms with Crippen molar-refractivity contribution in [3.05, 3.63) is 28.2 Å². The fourth-order valence-electron chi connectivity index (χ4n) is 1.78. The zero-order valence-electron chi connectivity index (χ0n) is 10.3. The third kappa shape index (κ3) is 3.73. The van der Waals surface area contributed by atoms with Crippen LogP contribution in [0.4, 0.5) is 0 Å². The lowest BCUT2D eigenvalue weighted by atomic mass is 10.2. The van der Waals surface area contributed by atoms with E-state index >= 15 is 0 Å². The molecule has 0 atom stereocenters. The number of halogens is 1. The summed E-state index contributed by atoms with van der Waals surface area (Å²) in [5, 5.41) is 1.50. The van der Waals surface area contributed by atoms with Crippen LogP contribution in [-0.2, 0) is 9.63 Å². The molecule has 0 radical (unpaired) electrons. The van der Waals surface area contributed by atoms with Gasteiger partial charge in [-0.15, -0.1) is 11.8 Å². The van der Waals surface area contributed by atoms with Crippen LogP contribution in [0.15, 0.2) is 27.6 Å². The molecule has 0 aliphatic carbocycles. The lowest BCUT2D eigenvalue weighted by molar-refractivity contribution is -0.194. The highest BCUT2D eigenvalue weighted by Gasteiger charge is 2.17. The predicted molar refractivity (Wildman–Crippen MR) is 76.5 cm³/mol. The summed E-state index contributed by atoms with van der Waals surface area (Å²) in [6.45, 7) is 3.43. The van der Waals surface area contributed by atoms with Crippen LogP contribution >= 0.6 is 27.7 Å². The van der Waals surface area contributed by atoms with Gasteiger partial charge in [-0.1, -0.05) is 15.9 Å². The molecule has 1 aromatic carbocycles. The highest BCUT2D eigenvalue weighted by atomic mass is 79.9. The van der Waals surface area contributed by atoms with E-state index in [-0.39, 0.29) is 5.91 Å². The smallest absolute Gasteiger partial charge is 0.256 e. The van der Waals surface area contributed by atoms with Gasteiger partial charge in [-0.25, -0.2) is 5.06 Å². The lowest BCUT2D eigenvalue weighted by Crippen LogP contribution is -2.36. The molecule has 1 aliphatic heterocycles. The molecule has 18 heavy (non-hydrogen) atoms. The molecule has 0 saturated carbocycles. The Bertz CT molecular complexity index is 433. The number of amides is 1. The van der Waals surface area contributed by atoms with Gasteiger partial charge in [-0.2, -0.15) is 0 Å². The van der Waals surface area contributed by atoms with Gasteiger partial charge in [0.1, 0.15) is 0 Å². The first-order valence-corrected chi connectivity index (χ1v) is 7.77. The van der Waals surface area contributed by atoms with Gasteiger partial charge in [-0.3, -0.25) is 9.63 Å². The van der Waals surface area contributed by atoms with E-state index < -0.39 is 0 Å². The van der Waals surface area contributed by atoms with E-state index in [2.05, 4.69) is 28.9 Å². The number of nitrogens with zero attached hydrogens (tertiary/aromatic N) is 1. The first-order valence-electron chi connectivity index (χ1n) is 5.99. The van der Waals surface area contributed by atoms with E-state index in [4.69, 9.17) is 4.84 Å². The zero-order chi connectivity index (χ0) is 13.0. The van der Waals surface area contributed by atoms with Crippen LogP contribution < -0.4 is 0 Å². The van der Waals surface area contributed by atoms with E-state index in [1.165, 1.54) is 10.6 Å². The van der Waals surface area contributed by atoms with Crippen LogP contribution in [0.1, 0.15) is 18.4 Å². The summed E-state index contributed by atoms with van der Waals surface area (Å²) >= 11 is 5.00. The highest BCUT2D eigenvalue weighted by molar-refractivity contribution is 9.10. The molecule has 98 valence electrons. The minimum absolute atomic E-state index is 0.0574. The molecule has 1 amide bonds. The van der Waals surface area contributed by atoms with Crippen LogP contribution in [0.3, 0.4) is 0 Å². The van der Waals surface area contributed by atoms with E-state index in [1.54, 1.807) is 11.8 Å². The third-order valence-corrected chi connectivity index (χ3v) is 4.42. The largest absolute Gasteiger partial charge is 0.272 e. The van der Waals surface area contributed by atoms with Crippen molar-refractivity contribution in [1.82, 2.24) is 5.06 Å². The quantitative estimate of drug-likeness (QED) is 0.796. The molecule has 0 aromatic heterocycles. The Kier molecular flexibility index (Phi) is 5.09. The van der Waals surface area contributed by atoms with Gasteiger partial charge in [-0.05, 0) is 43.5 Å². The molecule has 5 heteroatoms. The van der Waals surface area contributed by atoms with E-state index in [0.29, 0.717) is 12.4 Å². The van der Waals surface area contributed by atoms with Crippen molar-refractivity contribution < 1.29 is 9.63 Å². The number of hydrogen-bond donors (Lipinski definition) is 0. The summed E-state index contributed by atoms with van der Waals surface area (Å²) < 4.78 is 1.06. The minimum atomic E-state index is 0.0574. The second-order valence-electron chi connectivity index (χ2n) is 4.23. The predicted octanol–water partition coefficient (Wildman–Crippen LogP) is 3.40. The van der Waals surface area contributed by atoms with Gasteiger partial charge in [0.15, 0.2) is 0 Å². The molecule has 0 N–H and O–H groups in total. The minimum Gasteiger partial charge on any atom is -0.272 e. The molecule has 1 aromatic rings. The van der Waals surface area contributed by atoms with Gasteiger partial charge >= 0.3 is 0 Å². The van der Waals surface area contributed by atoms with Gasteiger partial charge < -0.3 is 0 Å². The molecule has 3 nitrogen and oxygen atoms in total. The van der Waals surface area contributed by atoms with Gasteiger partial charge in [0.05, 0.1) is 12.4 Å². The maximum absolute atomic E-state index is 11.9. The fraction of sp³-hybridized carbons (Fsp3) is 0.462. The molecule has 1 saturated heterocycles. The average molecular weight is 330 g/mol. The Hall–Kier alpha value is -0.520. The van der Waals surface area contributed by atoms with Crippen LogP contribution in [0.2, 0.25) is 0 Å². The Morgan fingerprint density at radius 1 is 1.50 bits per heavy atom. The van der Waals surface area contributed by atoms with Crippen molar-refractivity contribution in [3.63, 3.8) is 0 Å². The number of thioether (sulfide) groups is 1. The Morgan fingerprint density at radius 3 is 3.00 bits per heavy atom. The molecule has 1 fully saturated rings. The number of hydrogen-bond acceptors (Lipinski definition) is 3. The first kappa shape index (κ1) is 13.9. The Morgan fingerprint density at radius 2 is 2.33 bits per heavy atom. The van der Waals surface area contributed by atoms with Crippen molar-refractivity contribution in [3.8, 4) is 0 Å². The highest BCUT2D eigenvalue weighted by Crippen LogP contribution is 2.25. The van der Waals surface area contributed by atoms with Gasteiger partial charge in [0.25, 0.3) is 5.91 Å². The van der Waals surface area contributed by atoms with Crippen LogP contribution in [0.5, 0.6) is 0 Å². The summed E-state index contributed by atoms with van der Waals surface area (Å²) in [7, 11) is 0. The van der Waals surface area contributed by atoms with Crippen molar-refractivity contribution >= 4 is 33.6 Å². The third-order valence-electron chi connectivity index (χ3n) is 2.77. The second kappa shape index (κ2) is 6.59. The topological polar surface area (TPSA) is 29.5 Å². The summed E-state index contributed by atoms with van der Waals surface area (Å²) in [5.74, 6) is 0.490. The summed E-state index contributed by atoms with van der Waals surface area (Å²) in [5.41, 5.74) is 1.18. The number of benzene rings is 1. The second-order valence-corrected chi connectivity index (χ2v) is 6.17. The number of rotatable bonds is 3. The SMILES string of the molecule is Cc1cc(Br)ccc1SCC(=O)N1CCCCO1. The average Bonchev–Trinajstić information content (AvgIpc) is 2.38. The number of aryl methyl sites for hydroxylation is 1. The summed E-state index contributed by atoms with van der Waals surface area (Å²) in [4.78, 5) is 18.4. The van der Waals surface area contributed by atoms with Crippen molar-refractivity contribution in [2.24, 2.45) is 0 Å². The first-order chi connectivity index (χ1) is 8.66. The maximum Gasteiger partial charge on any atom is 0.256 e. The standard InChI is InChI=1S/C13H16BrNO2S/c1-10-8-11(14)4-5-12(10)18-9-13(16)15-6-2-3-7-17-15/h4-5,8H,2-3,6-7,9H2,1H3. The fourth-order valence-corrected chi connectivity index (χ4v) is 3.13. The molecule has 0 bridgehead atoms. The van der Waals surface area contributed by atoms with E-state index in [0.717, 1.165) is 28.8 Å². The van der Waals surface area contributed by atoms with Gasteiger partial charge in [0, 0.05) is 15.9 Å². The summed E-state index contributed by atoms with van der Waals surface area (Å²) in [6, 6.07) is 6.09. The molecule has 0 spiro atoms. The Balaban J connectivity index is 1.88. The monoisotopic (exact) mass is 329 g/mol. The van der Waals surface area contributed by atoms with E-state index in [1.807, 2.05) is 12.1 Å². The summed E-state index contributed by atoms with van der Waals surface area (Å²) in [6.07, 6.45) is 2.08. The normalized spacial score (nSPS) is 15.8. The molecular weight excluding hydrogens is 314 g/mol.